The summed E-state index contributed by atoms with van der Waals surface area (Å²) >= 11 is 5.83. The maximum absolute atomic E-state index is 11.5. The fourth-order valence-electron chi connectivity index (χ4n) is 1.50. The Morgan fingerprint density at radius 2 is 2.00 bits per heavy atom. The van der Waals surface area contributed by atoms with Gasteiger partial charge in [-0.15, -0.1) is 14.9 Å². The third kappa shape index (κ3) is 2.01. The molecule has 0 bridgehead atoms. The fraction of sp³-hybridized carbons (Fsp3) is 0.182. The third-order valence-electron chi connectivity index (χ3n) is 2.43. The molecular weight excluding hydrogens is 242 g/mol. The molecule has 88 valence electrons. The van der Waals surface area contributed by atoms with Crippen molar-refractivity contribution in [2.75, 3.05) is 0 Å². The lowest BCUT2D eigenvalue weighted by Crippen LogP contribution is -2.24. The lowest BCUT2D eigenvalue weighted by atomic mass is 10.1. The van der Waals surface area contributed by atoms with Gasteiger partial charge in [0.1, 0.15) is 5.69 Å². The van der Waals surface area contributed by atoms with Crippen LogP contribution < -0.4 is 5.56 Å². The first-order valence-electron chi connectivity index (χ1n) is 4.93. The zero-order chi connectivity index (χ0) is 12.6. The van der Waals surface area contributed by atoms with Crippen molar-refractivity contribution < 1.29 is 5.21 Å². The van der Waals surface area contributed by atoms with E-state index in [-0.39, 0.29) is 11.5 Å². The Kier molecular flexibility index (Phi) is 2.85. The van der Waals surface area contributed by atoms with E-state index in [2.05, 4.69) is 10.2 Å². The van der Waals surface area contributed by atoms with E-state index in [9.17, 15) is 10.0 Å². The van der Waals surface area contributed by atoms with Crippen LogP contribution in [0.15, 0.2) is 23.0 Å². The standard InChI is InChI=1S/C11H10ClN3O2/c1-6-5-8(12)3-4-9(6)10-14-13-7(2)11(16)15(10)17/h3-5,17H,1-2H3. The van der Waals surface area contributed by atoms with Crippen molar-refractivity contribution in [3.05, 3.63) is 44.8 Å². The second-order valence-corrected chi connectivity index (χ2v) is 4.12. The van der Waals surface area contributed by atoms with Gasteiger partial charge in [-0.25, -0.2) is 0 Å². The lowest BCUT2D eigenvalue weighted by Gasteiger charge is -2.08. The highest BCUT2D eigenvalue weighted by atomic mass is 35.5. The van der Waals surface area contributed by atoms with Gasteiger partial charge in [0.2, 0.25) is 5.82 Å². The Morgan fingerprint density at radius 1 is 1.29 bits per heavy atom. The summed E-state index contributed by atoms with van der Waals surface area (Å²) in [5.74, 6) is 0.106. The van der Waals surface area contributed by atoms with Crippen LogP contribution in [-0.4, -0.2) is 20.1 Å². The van der Waals surface area contributed by atoms with Crippen molar-refractivity contribution in [2.45, 2.75) is 13.8 Å². The molecule has 0 saturated carbocycles. The van der Waals surface area contributed by atoms with Crippen LogP contribution in [0.3, 0.4) is 0 Å². The van der Waals surface area contributed by atoms with E-state index < -0.39 is 5.56 Å². The minimum absolute atomic E-state index is 0.106. The molecule has 2 rings (SSSR count). The molecule has 0 fully saturated rings. The van der Waals surface area contributed by atoms with Crippen LogP contribution >= 0.6 is 11.6 Å². The van der Waals surface area contributed by atoms with Gasteiger partial charge in [0.05, 0.1) is 0 Å². The maximum atomic E-state index is 11.5. The zero-order valence-corrected chi connectivity index (χ0v) is 10.1. The van der Waals surface area contributed by atoms with E-state index in [1.807, 2.05) is 6.92 Å². The summed E-state index contributed by atoms with van der Waals surface area (Å²) in [7, 11) is 0. The van der Waals surface area contributed by atoms with Gasteiger partial charge in [-0.05, 0) is 37.6 Å². The molecule has 6 heteroatoms. The second kappa shape index (κ2) is 4.18. The summed E-state index contributed by atoms with van der Waals surface area (Å²) in [5, 5.41) is 17.8. The van der Waals surface area contributed by atoms with Gasteiger partial charge in [0, 0.05) is 10.6 Å². The average molecular weight is 252 g/mol. The summed E-state index contributed by atoms with van der Waals surface area (Å²) in [5.41, 5.74) is 0.978. The van der Waals surface area contributed by atoms with Crippen molar-refractivity contribution in [1.29, 1.82) is 0 Å². The lowest BCUT2D eigenvalue weighted by molar-refractivity contribution is 0.173. The molecule has 0 aliphatic heterocycles. The third-order valence-corrected chi connectivity index (χ3v) is 2.66. The molecule has 0 atom stereocenters. The van der Waals surface area contributed by atoms with Crippen LogP contribution in [0.4, 0.5) is 0 Å². The molecule has 0 saturated heterocycles. The van der Waals surface area contributed by atoms with Crippen LogP contribution in [0.25, 0.3) is 11.4 Å². The SMILES string of the molecule is Cc1cc(Cl)ccc1-c1nnc(C)c(=O)n1O. The van der Waals surface area contributed by atoms with Crippen molar-refractivity contribution in [2.24, 2.45) is 0 Å². The number of halogens is 1. The predicted molar refractivity (Wildman–Crippen MR) is 63.4 cm³/mol. The molecule has 0 spiro atoms. The van der Waals surface area contributed by atoms with Crippen LogP contribution in [0.2, 0.25) is 5.02 Å². The van der Waals surface area contributed by atoms with Crippen LogP contribution in [-0.2, 0) is 0 Å². The molecule has 1 N–H and O–H groups in total. The summed E-state index contributed by atoms with van der Waals surface area (Å²) in [6.45, 7) is 3.30. The minimum atomic E-state index is -0.579. The monoisotopic (exact) mass is 251 g/mol. The highest BCUT2D eigenvalue weighted by Gasteiger charge is 2.12. The minimum Gasteiger partial charge on any atom is -0.423 e. The zero-order valence-electron chi connectivity index (χ0n) is 9.31. The highest BCUT2D eigenvalue weighted by molar-refractivity contribution is 6.30. The van der Waals surface area contributed by atoms with E-state index in [0.717, 1.165) is 5.56 Å². The van der Waals surface area contributed by atoms with Crippen molar-refractivity contribution in [1.82, 2.24) is 14.9 Å². The van der Waals surface area contributed by atoms with E-state index in [0.29, 0.717) is 15.3 Å². The molecule has 0 aliphatic rings. The largest absolute Gasteiger partial charge is 0.423 e. The van der Waals surface area contributed by atoms with Crippen LogP contribution in [0.1, 0.15) is 11.3 Å². The first-order chi connectivity index (χ1) is 8.00. The smallest absolute Gasteiger partial charge is 0.308 e. The predicted octanol–water partition coefficient (Wildman–Crippen LogP) is 1.81. The maximum Gasteiger partial charge on any atom is 0.308 e. The van der Waals surface area contributed by atoms with E-state index in [1.54, 1.807) is 18.2 Å². The Hall–Kier alpha value is -1.88. The molecule has 2 aromatic rings. The van der Waals surface area contributed by atoms with Crippen molar-refractivity contribution >= 4 is 11.6 Å². The normalized spacial score (nSPS) is 10.5. The van der Waals surface area contributed by atoms with Gasteiger partial charge in [-0.2, -0.15) is 0 Å². The summed E-state index contributed by atoms with van der Waals surface area (Å²) in [4.78, 5) is 11.5. The molecule has 0 aliphatic carbocycles. The molecule has 5 nitrogen and oxygen atoms in total. The molecular formula is C11H10ClN3O2. The van der Waals surface area contributed by atoms with Crippen molar-refractivity contribution in [3.63, 3.8) is 0 Å². The molecule has 1 aromatic heterocycles. The molecule has 17 heavy (non-hydrogen) atoms. The summed E-state index contributed by atoms with van der Waals surface area (Å²) in [6.07, 6.45) is 0. The number of hydrogen-bond acceptors (Lipinski definition) is 4. The van der Waals surface area contributed by atoms with Gasteiger partial charge in [-0.1, -0.05) is 11.6 Å². The number of aromatic nitrogens is 3. The Bertz CT molecular complexity index is 637. The highest BCUT2D eigenvalue weighted by Crippen LogP contribution is 2.22. The Morgan fingerprint density at radius 3 is 2.65 bits per heavy atom. The Balaban J connectivity index is 2.69. The summed E-state index contributed by atoms with van der Waals surface area (Å²) < 4.78 is 0.499. The van der Waals surface area contributed by atoms with E-state index in [1.165, 1.54) is 6.92 Å². The Labute approximate surface area is 102 Å². The van der Waals surface area contributed by atoms with Gasteiger partial charge < -0.3 is 5.21 Å². The molecule has 0 amide bonds. The van der Waals surface area contributed by atoms with E-state index in [4.69, 9.17) is 11.6 Å². The van der Waals surface area contributed by atoms with Gasteiger partial charge in [-0.3, -0.25) is 4.79 Å². The average Bonchev–Trinajstić information content (AvgIpc) is 2.28. The van der Waals surface area contributed by atoms with Gasteiger partial charge >= 0.3 is 5.56 Å². The second-order valence-electron chi connectivity index (χ2n) is 3.69. The number of nitrogens with zero attached hydrogens (tertiary/aromatic N) is 3. The van der Waals surface area contributed by atoms with Crippen LogP contribution in [0.5, 0.6) is 0 Å². The number of rotatable bonds is 1. The van der Waals surface area contributed by atoms with Gasteiger partial charge in [0.15, 0.2) is 0 Å². The quantitative estimate of drug-likeness (QED) is 0.785. The molecule has 0 radical (unpaired) electrons. The van der Waals surface area contributed by atoms with Crippen LogP contribution in [0, 0.1) is 13.8 Å². The summed E-state index contributed by atoms with van der Waals surface area (Å²) in [6, 6.07) is 5.07. The molecule has 1 aromatic carbocycles. The van der Waals surface area contributed by atoms with Crippen molar-refractivity contribution in [3.8, 4) is 11.4 Å². The van der Waals surface area contributed by atoms with Gasteiger partial charge in [0.25, 0.3) is 0 Å². The first kappa shape index (κ1) is 11.6. The molecule has 0 unspecified atom stereocenters. The topological polar surface area (TPSA) is 68.0 Å². The number of benzene rings is 1. The number of aryl methyl sites for hydroxylation is 2. The fourth-order valence-corrected chi connectivity index (χ4v) is 1.73. The first-order valence-corrected chi connectivity index (χ1v) is 5.30. The number of hydrogen-bond donors (Lipinski definition) is 1. The van der Waals surface area contributed by atoms with E-state index >= 15 is 0 Å². The molecule has 1 heterocycles.